The normalized spacial score (nSPS) is 13.1. The first-order valence-corrected chi connectivity index (χ1v) is 8.31. The highest BCUT2D eigenvalue weighted by atomic mass is 19.4. The molecule has 1 aromatic carbocycles. The number of alkyl halides is 10. The van der Waals surface area contributed by atoms with Crippen LogP contribution in [0, 0.1) is 6.92 Å². The van der Waals surface area contributed by atoms with E-state index in [4.69, 9.17) is 0 Å². The van der Waals surface area contributed by atoms with Gasteiger partial charge < -0.3 is 5.32 Å². The second-order valence-electron chi connectivity index (χ2n) is 6.56. The summed E-state index contributed by atoms with van der Waals surface area (Å²) in [5.41, 5.74) is -14.5. The summed E-state index contributed by atoms with van der Waals surface area (Å²) < 4.78 is 145. The number of amides is 1. The Bertz CT molecular complexity index is 1070. The molecule has 1 amide bonds. The Morgan fingerprint density at radius 2 is 1.33 bits per heavy atom. The van der Waals surface area contributed by atoms with E-state index < -0.39 is 75.7 Å². The van der Waals surface area contributed by atoms with Gasteiger partial charge in [0, 0.05) is 18.0 Å². The largest absolute Gasteiger partial charge is 0.435 e. The number of pyridine rings is 1. The number of carbonyl (C=O) groups excluding carboxylic acids is 2. The first kappa shape index (κ1) is 26.0. The summed E-state index contributed by atoms with van der Waals surface area (Å²) in [5, 5.41) is 1.61. The molecule has 15 heteroatoms. The van der Waals surface area contributed by atoms with Crippen molar-refractivity contribution < 1.29 is 57.9 Å². The van der Waals surface area contributed by atoms with Gasteiger partial charge in [-0.25, -0.2) is 4.39 Å². The lowest BCUT2D eigenvalue weighted by Crippen LogP contribution is -2.50. The lowest BCUT2D eigenvalue weighted by atomic mass is 9.90. The molecule has 180 valence electrons. The molecule has 33 heavy (non-hydrogen) atoms. The summed E-state index contributed by atoms with van der Waals surface area (Å²) in [6.45, 7) is 0.598. The third kappa shape index (κ3) is 4.90. The second-order valence-corrected chi connectivity index (χ2v) is 6.56. The van der Waals surface area contributed by atoms with Crippen LogP contribution in [0.1, 0.15) is 37.4 Å². The van der Waals surface area contributed by atoms with Gasteiger partial charge in [-0.3, -0.25) is 14.6 Å². The summed E-state index contributed by atoms with van der Waals surface area (Å²) in [7, 11) is 0. The van der Waals surface area contributed by atoms with Crippen LogP contribution in [-0.2, 0) is 11.8 Å². The molecule has 1 heterocycles. The van der Waals surface area contributed by atoms with Crippen LogP contribution in [0.2, 0.25) is 0 Å². The number of hydrogen-bond acceptors (Lipinski definition) is 3. The molecule has 0 radical (unpaired) electrons. The number of aromatic nitrogens is 1. The third-order valence-electron chi connectivity index (χ3n) is 4.29. The molecule has 0 aliphatic heterocycles. The van der Waals surface area contributed by atoms with Crippen LogP contribution in [0.3, 0.4) is 0 Å². The average molecular weight is 494 g/mol. The number of aryl methyl sites for hydroxylation is 1. The van der Waals surface area contributed by atoms with Crippen LogP contribution in [0.25, 0.3) is 0 Å². The number of nitrogens with one attached hydrogen (secondary N) is 1. The van der Waals surface area contributed by atoms with Crippen molar-refractivity contribution in [3.63, 3.8) is 0 Å². The van der Waals surface area contributed by atoms with Crippen molar-refractivity contribution in [3.8, 4) is 0 Å². The molecule has 0 aliphatic rings. The van der Waals surface area contributed by atoms with E-state index in [9.17, 15) is 57.9 Å². The molecule has 0 saturated carbocycles. The lowest BCUT2D eigenvalue weighted by molar-refractivity contribution is -0.348. The van der Waals surface area contributed by atoms with Crippen molar-refractivity contribution in [2.24, 2.45) is 0 Å². The van der Waals surface area contributed by atoms with Gasteiger partial charge in [-0.2, -0.15) is 43.9 Å². The monoisotopic (exact) mass is 494 g/mol. The van der Waals surface area contributed by atoms with E-state index in [2.05, 4.69) is 4.98 Å². The Hall–Kier alpha value is -3.26. The molecule has 4 nitrogen and oxygen atoms in total. The molecule has 2 rings (SSSR count). The minimum absolute atomic E-state index is 0.147. The van der Waals surface area contributed by atoms with Gasteiger partial charge in [0.15, 0.2) is 0 Å². The molecule has 0 aliphatic carbocycles. The zero-order valence-electron chi connectivity index (χ0n) is 15.8. The smallest absolute Gasteiger partial charge is 0.321 e. The fraction of sp³-hybridized carbons (Fsp3) is 0.278. The van der Waals surface area contributed by atoms with Gasteiger partial charge in [-0.05, 0) is 24.6 Å². The van der Waals surface area contributed by atoms with Gasteiger partial charge in [0.25, 0.3) is 5.91 Å². The summed E-state index contributed by atoms with van der Waals surface area (Å²) in [6, 6.07) is -2.33. The topological polar surface area (TPSA) is 59.1 Å². The molecule has 1 aromatic heterocycles. The fourth-order valence-electron chi connectivity index (χ4n) is 2.72. The molecular formula is C18H9F11N2O2. The van der Waals surface area contributed by atoms with Crippen LogP contribution in [-0.4, -0.2) is 29.3 Å². The Morgan fingerprint density at radius 3 is 1.79 bits per heavy atom. The molecule has 0 fully saturated rings. The summed E-state index contributed by atoms with van der Waals surface area (Å²) in [6.07, 6.45) is -17.6. The van der Waals surface area contributed by atoms with E-state index in [0.717, 1.165) is 0 Å². The van der Waals surface area contributed by atoms with E-state index in [0.29, 0.717) is 25.4 Å². The molecule has 0 saturated heterocycles. The first-order chi connectivity index (χ1) is 14.8. The van der Waals surface area contributed by atoms with Gasteiger partial charge in [-0.1, -0.05) is 6.07 Å². The number of halogens is 11. The fourth-order valence-corrected chi connectivity index (χ4v) is 2.72. The van der Waals surface area contributed by atoms with Crippen molar-refractivity contribution >= 4 is 17.6 Å². The number of hydrogen-bond donors (Lipinski definition) is 1. The van der Waals surface area contributed by atoms with Crippen LogP contribution in [0.4, 0.5) is 54.0 Å². The maximum absolute atomic E-state index is 14.3. The molecule has 2 aromatic rings. The van der Waals surface area contributed by atoms with Crippen molar-refractivity contribution in [2.45, 2.75) is 31.1 Å². The molecule has 1 N–H and O–H groups in total. The summed E-state index contributed by atoms with van der Waals surface area (Å²) in [4.78, 5) is 26.3. The van der Waals surface area contributed by atoms with Crippen LogP contribution in [0.5, 0.6) is 0 Å². The molecule has 0 atom stereocenters. The predicted molar refractivity (Wildman–Crippen MR) is 88.7 cm³/mol. The van der Waals surface area contributed by atoms with Crippen molar-refractivity contribution in [1.82, 2.24) is 4.98 Å². The maximum Gasteiger partial charge on any atom is 0.435 e. The summed E-state index contributed by atoms with van der Waals surface area (Å²) in [5.74, 6) is -1.47. The van der Waals surface area contributed by atoms with Gasteiger partial charge in [0.2, 0.25) is 0 Å². The highest BCUT2D eigenvalue weighted by Crippen LogP contribution is 2.54. The Labute approximate surface area is 176 Å². The van der Waals surface area contributed by atoms with Crippen LogP contribution >= 0.6 is 0 Å². The quantitative estimate of drug-likeness (QED) is 0.416. The number of rotatable bonds is 4. The van der Waals surface area contributed by atoms with Gasteiger partial charge >= 0.3 is 30.2 Å². The zero-order chi connectivity index (χ0) is 25.6. The van der Waals surface area contributed by atoms with Crippen LogP contribution in [0.15, 0.2) is 30.6 Å². The minimum Gasteiger partial charge on any atom is -0.321 e. The minimum atomic E-state index is -6.67. The molecule has 0 unspecified atom stereocenters. The Kier molecular flexibility index (Phi) is 6.51. The van der Waals surface area contributed by atoms with E-state index in [-0.39, 0.29) is 6.07 Å². The van der Waals surface area contributed by atoms with Crippen LogP contribution < -0.4 is 5.32 Å². The number of nitrogens with zero attached hydrogens (tertiary/aromatic N) is 1. The third-order valence-corrected chi connectivity index (χ3v) is 4.29. The lowest BCUT2D eigenvalue weighted by Gasteiger charge is -2.31. The standard InChI is InChI=1S/C18H9F11N2O2/c1-7-2-10(15(20,17(24,25)26)18(27,28)29)4-11(16(21,22)23)12(7)31-14(33)9-3-8(13(19)32)5-30-6-9/h2-6H,1H3,(H,31,33). The van der Waals surface area contributed by atoms with E-state index in [1.165, 1.54) is 0 Å². The van der Waals surface area contributed by atoms with Gasteiger partial charge in [0.1, 0.15) is 0 Å². The van der Waals surface area contributed by atoms with Crippen molar-refractivity contribution in [2.75, 3.05) is 5.32 Å². The molecule has 0 bridgehead atoms. The van der Waals surface area contributed by atoms with Gasteiger partial charge in [-0.15, -0.1) is 0 Å². The number of anilines is 1. The Balaban J connectivity index is 2.68. The maximum atomic E-state index is 14.3. The first-order valence-electron chi connectivity index (χ1n) is 8.31. The predicted octanol–water partition coefficient (Wildman–Crippen LogP) is 6.06. The van der Waals surface area contributed by atoms with E-state index >= 15 is 0 Å². The Morgan fingerprint density at radius 1 is 0.818 bits per heavy atom. The second kappa shape index (κ2) is 8.26. The average Bonchev–Trinajstić information content (AvgIpc) is 2.65. The van der Waals surface area contributed by atoms with E-state index in [1.807, 2.05) is 0 Å². The SMILES string of the molecule is Cc1cc(C(F)(C(F)(F)F)C(F)(F)F)cc(C(F)(F)F)c1NC(=O)c1cncc(C(=O)F)c1. The number of carbonyl (C=O) groups is 2. The van der Waals surface area contributed by atoms with E-state index in [1.54, 1.807) is 5.32 Å². The van der Waals surface area contributed by atoms with Crippen molar-refractivity contribution in [3.05, 3.63) is 58.4 Å². The zero-order valence-corrected chi connectivity index (χ0v) is 15.8. The van der Waals surface area contributed by atoms with Crippen molar-refractivity contribution in [1.29, 1.82) is 0 Å². The highest BCUT2D eigenvalue weighted by Gasteiger charge is 2.73. The molecule has 0 spiro atoms. The highest BCUT2D eigenvalue weighted by molar-refractivity contribution is 6.06. The molecular weight excluding hydrogens is 485 g/mol. The number of benzene rings is 1. The van der Waals surface area contributed by atoms with Gasteiger partial charge in [0.05, 0.1) is 22.4 Å². The summed E-state index contributed by atoms with van der Waals surface area (Å²) >= 11 is 0.